The quantitative estimate of drug-likeness (QED) is 0.161. The van der Waals surface area contributed by atoms with E-state index < -0.39 is 0 Å². The topological polar surface area (TPSA) is 45.7 Å². The molecule has 0 saturated carbocycles. The third-order valence-corrected chi connectivity index (χ3v) is 12.4. The normalized spacial score (nSPS) is 12.9. The van der Waals surface area contributed by atoms with Crippen LogP contribution in [0.3, 0.4) is 0 Å². The lowest BCUT2D eigenvalue weighted by Crippen LogP contribution is -2.15. The molecule has 0 unspecified atom stereocenters. The predicted octanol–water partition coefficient (Wildman–Crippen LogP) is 15.8. The van der Waals surface area contributed by atoms with E-state index >= 15 is 0 Å². The number of fused-ring (bicyclic) bond motifs is 10. The van der Waals surface area contributed by atoms with Gasteiger partial charge in [-0.3, -0.25) is 0 Å². The Morgan fingerprint density at radius 3 is 1.77 bits per heavy atom. The molecule has 9 aromatic carbocycles. The minimum atomic E-state index is -0.125. The maximum Gasteiger partial charge on any atom is 0.227 e. The first-order chi connectivity index (χ1) is 30.0. The smallest absolute Gasteiger partial charge is 0.227 e. The zero-order valence-electron chi connectivity index (χ0n) is 33.7. The van der Waals surface area contributed by atoms with Gasteiger partial charge in [-0.05, 0) is 131 Å². The summed E-state index contributed by atoms with van der Waals surface area (Å²) in [6.07, 6.45) is 0. The van der Waals surface area contributed by atoms with Crippen molar-refractivity contribution >= 4 is 77.9 Å². The third kappa shape index (κ3) is 5.58. The van der Waals surface area contributed by atoms with Crippen LogP contribution in [0.4, 0.5) is 34.1 Å². The summed E-state index contributed by atoms with van der Waals surface area (Å²) in [5.41, 5.74) is 15.7. The first kappa shape index (κ1) is 35.1. The Balaban J connectivity index is 0.972. The van der Waals surface area contributed by atoms with Crippen LogP contribution >= 0.6 is 0 Å². The van der Waals surface area contributed by atoms with Crippen LogP contribution in [-0.4, -0.2) is 4.98 Å². The molecule has 0 aliphatic heterocycles. The van der Waals surface area contributed by atoms with E-state index in [9.17, 15) is 0 Å². The van der Waals surface area contributed by atoms with Crippen LogP contribution < -0.4 is 9.80 Å². The molecule has 2 aromatic heterocycles. The maximum absolute atomic E-state index is 6.71. The molecule has 1 aliphatic rings. The van der Waals surface area contributed by atoms with E-state index in [1.54, 1.807) is 0 Å². The van der Waals surface area contributed by atoms with Crippen molar-refractivity contribution in [1.82, 2.24) is 4.98 Å². The van der Waals surface area contributed by atoms with E-state index in [1.807, 2.05) is 12.1 Å². The van der Waals surface area contributed by atoms with Gasteiger partial charge >= 0.3 is 0 Å². The average molecular weight is 786 g/mol. The number of nitrogens with zero attached hydrogens (tertiary/aromatic N) is 3. The number of aromatic nitrogens is 1. The monoisotopic (exact) mass is 785 g/mol. The second-order valence-electron chi connectivity index (χ2n) is 16.4. The molecule has 290 valence electrons. The number of hydrogen-bond donors (Lipinski definition) is 0. The molecule has 0 bridgehead atoms. The van der Waals surface area contributed by atoms with Gasteiger partial charge in [-0.25, -0.2) is 4.98 Å². The number of oxazole rings is 1. The van der Waals surface area contributed by atoms with Crippen LogP contribution in [0, 0.1) is 0 Å². The lowest BCUT2D eigenvalue weighted by atomic mass is 9.80. The van der Waals surface area contributed by atoms with E-state index in [4.69, 9.17) is 13.8 Å². The molecule has 0 N–H and O–H groups in total. The summed E-state index contributed by atoms with van der Waals surface area (Å²) in [5.74, 6) is 0.596. The van der Waals surface area contributed by atoms with Gasteiger partial charge in [-0.15, -0.1) is 0 Å². The molecule has 5 heteroatoms. The standard InChI is InChI=1S/C56H39N3O2/c1-56(2)49-22-11-9-20-43(49)45-29-30-47-46(53(45)56)31-32-50-54(47)61-55(57-50)36-24-26-39(27-25-36)59(42-28-33-52-48(35-42)44-21-10-12-23-51(44)60-52)41-19-13-18-40(34-41)58(37-14-5-3-6-15-37)38-16-7-4-8-17-38/h3-35H,1-2H3. The van der Waals surface area contributed by atoms with Crippen LogP contribution in [0.1, 0.15) is 25.0 Å². The van der Waals surface area contributed by atoms with Crippen molar-refractivity contribution in [3.05, 3.63) is 211 Å². The Hall–Kier alpha value is -7.89. The largest absolute Gasteiger partial charge is 0.456 e. The SMILES string of the molecule is CC1(C)c2ccccc2-c2ccc3c(ccc4nc(-c5ccc(N(c6cccc(N(c7ccccc7)c7ccccc7)c6)c6ccc7oc8ccccc8c7c6)cc5)oc43)c21. The lowest BCUT2D eigenvalue weighted by Gasteiger charge is -2.29. The predicted molar refractivity (Wildman–Crippen MR) is 251 cm³/mol. The summed E-state index contributed by atoms with van der Waals surface area (Å²) in [7, 11) is 0. The molecule has 1 aliphatic carbocycles. The van der Waals surface area contributed by atoms with Crippen molar-refractivity contribution in [2.24, 2.45) is 0 Å². The van der Waals surface area contributed by atoms with E-state index in [0.717, 1.165) is 78.1 Å². The highest BCUT2D eigenvalue weighted by molar-refractivity contribution is 6.09. The zero-order chi connectivity index (χ0) is 40.7. The van der Waals surface area contributed by atoms with Crippen LogP contribution in [0.15, 0.2) is 209 Å². The van der Waals surface area contributed by atoms with Crippen LogP contribution in [0.25, 0.3) is 66.4 Å². The average Bonchev–Trinajstić information content (AvgIpc) is 3.98. The Morgan fingerprint density at radius 1 is 0.410 bits per heavy atom. The molecule has 0 amide bonds. The number of anilines is 6. The molecular weight excluding hydrogens is 747 g/mol. The highest BCUT2D eigenvalue weighted by atomic mass is 16.3. The van der Waals surface area contributed by atoms with Crippen LogP contribution in [-0.2, 0) is 5.41 Å². The molecule has 61 heavy (non-hydrogen) atoms. The zero-order valence-corrected chi connectivity index (χ0v) is 33.7. The minimum Gasteiger partial charge on any atom is -0.456 e. The van der Waals surface area contributed by atoms with Gasteiger partial charge in [-0.1, -0.05) is 111 Å². The number of para-hydroxylation sites is 3. The van der Waals surface area contributed by atoms with Crippen molar-refractivity contribution in [3.63, 3.8) is 0 Å². The second-order valence-corrected chi connectivity index (χ2v) is 16.4. The van der Waals surface area contributed by atoms with Crippen molar-refractivity contribution in [1.29, 1.82) is 0 Å². The summed E-state index contributed by atoms with van der Waals surface area (Å²) in [4.78, 5) is 9.65. The Morgan fingerprint density at radius 2 is 1.00 bits per heavy atom. The van der Waals surface area contributed by atoms with Gasteiger partial charge in [0.25, 0.3) is 0 Å². The highest BCUT2D eigenvalue weighted by Crippen LogP contribution is 2.52. The van der Waals surface area contributed by atoms with Gasteiger partial charge < -0.3 is 18.6 Å². The van der Waals surface area contributed by atoms with Gasteiger partial charge in [-0.2, -0.15) is 0 Å². The minimum absolute atomic E-state index is 0.125. The van der Waals surface area contributed by atoms with Crippen molar-refractivity contribution in [2.45, 2.75) is 19.3 Å². The number of hydrogen-bond acceptors (Lipinski definition) is 5. The van der Waals surface area contributed by atoms with Crippen molar-refractivity contribution in [3.8, 4) is 22.6 Å². The molecule has 0 radical (unpaired) electrons. The van der Waals surface area contributed by atoms with Gasteiger partial charge in [0.2, 0.25) is 5.89 Å². The van der Waals surface area contributed by atoms with E-state index in [-0.39, 0.29) is 5.41 Å². The first-order valence-corrected chi connectivity index (χ1v) is 20.8. The van der Waals surface area contributed by atoms with Gasteiger partial charge in [0.05, 0.1) is 0 Å². The Kier molecular flexibility index (Phi) is 7.81. The summed E-state index contributed by atoms with van der Waals surface area (Å²) in [6.45, 7) is 4.65. The lowest BCUT2D eigenvalue weighted by molar-refractivity contribution is 0.623. The number of rotatable bonds is 7. The summed E-state index contributed by atoms with van der Waals surface area (Å²) < 4.78 is 13.0. The summed E-state index contributed by atoms with van der Waals surface area (Å²) in [5, 5.41) is 4.45. The van der Waals surface area contributed by atoms with Gasteiger partial charge in [0.15, 0.2) is 5.58 Å². The molecule has 11 aromatic rings. The Bertz CT molecular complexity index is 3420. The number of benzene rings is 9. The molecular formula is C56H39N3O2. The molecule has 0 spiro atoms. The molecule has 5 nitrogen and oxygen atoms in total. The molecule has 12 rings (SSSR count). The maximum atomic E-state index is 6.71. The summed E-state index contributed by atoms with van der Waals surface area (Å²) in [6, 6.07) is 70.5. The van der Waals surface area contributed by atoms with Crippen molar-refractivity contribution < 1.29 is 8.83 Å². The molecule has 0 fully saturated rings. The van der Waals surface area contributed by atoms with E-state index in [0.29, 0.717) is 5.89 Å². The Labute approximate surface area is 353 Å². The van der Waals surface area contributed by atoms with Crippen molar-refractivity contribution in [2.75, 3.05) is 9.80 Å². The molecule has 0 saturated heterocycles. The first-order valence-electron chi connectivity index (χ1n) is 20.8. The van der Waals surface area contributed by atoms with Crippen LogP contribution in [0.2, 0.25) is 0 Å². The summed E-state index contributed by atoms with van der Waals surface area (Å²) >= 11 is 0. The van der Waals surface area contributed by atoms with Gasteiger partial charge in [0.1, 0.15) is 16.7 Å². The highest BCUT2D eigenvalue weighted by Gasteiger charge is 2.37. The fourth-order valence-electron chi connectivity index (χ4n) is 9.64. The molecule has 0 atom stereocenters. The molecule has 2 heterocycles. The van der Waals surface area contributed by atoms with E-state index in [2.05, 4.69) is 212 Å². The second kappa shape index (κ2) is 13.6. The van der Waals surface area contributed by atoms with Gasteiger partial charge in [0, 0.05) is 61.3 Å². The van der Waals surface area contributed by atoms with Crippen LogP contribution in [0.5, 0.6) is 0 Å². The fraction of sp³-hybridized carbons (Fsp3) is 0.0536. The number of furan rings is 1. The van der Waals surface area contributed by atoms with E-state index in [1.165, 1.54) is 27.6 Å². The fourth-order valence-corrected chi connectivity index (χ4v) is 9.64. The third-order valence-electron chi connectivity index (χ3n) is 12.4.